The number of benzene rings is 1. The molecule has 0 heterocycles. The summed E-state index contributed by atoms with van der Waals surface area (Å²) < 4.78 is 13.7. The third-order valence-corrected chi connectivity index (χ3v) is 2.92. The van der Waals surface area contributed by atoms with Gasteiger partial charge in [-0.15, -0.1) is 0 Å². The Hall–Kier alpha value is -2.25. The summed E-state index contributed by atoms with van der Waals surface area (Å²) in [6, 6.07) is 5.88. The second-order valence-corrected chi connectivity index (χ2v) is 4.16. The van der Waals surface area contributed by atoms with Crippen LogP contribution in [0.1, 0.15) is 12.5 Å². The molecule has 0 amide bonds. The predicted molar refractivity (Wildman–Crippen MR) is 74.5 cm³/mol. The minimum atomic E-state index is -0.668. The Kier molecular flexibility index (Phi) is 4.74. The number of nitrogens with one attached hydrogen (secondary N) is 2. The molecule has 0 aromatic heterocycles. The maximum absolute atomic E-state index is 13.7. The summed E-state index contributed by atoms with van der Waals surface area (Å²) in [6.45, 7) is 5.14. The molecule has 0 fully saturated rings. The number of nitrogens with zero attached hydrogens (tertiary/aromatic N) is 1. The molecule has 2 N–H and O–H groups in total. The minimum Gasteiger partial charge on any atom is -0.308 e. The molecule has 5 heteroatoms. The average molecular weight is 276 g/mol. The van der Waals surface area contributed by atoms with Crippen LogP contribution in [-0.2, 0) is 0 Å². The van der Waals surface area contributed by atoms with Gasteiger partial charge in [0.1, 0.15) is 11.9 Å². The molecule has 0 aliphatic heterocycles. The largest absolute Gasteiger partial charge is 0.308 e. The molecule has 0 saturated heterocycles. The van der Waals surface area contributed by atoms with Gasteiger partial charge in [-0.2, -0.15) is 5.26 Å². The van der Waals surface area contributed by atoms with Crippen LogP contribution in [0.3, 0.4) is 0 Å². The second-order valence-electron chi connectivity index (χ2n) is 3.75. The lowest BCUT2D eigenvalue weighted by atomic mass is 9.96. The molecule has 1 rings (SSSR count). The van der Waals surface area contributed by atoms with Crippen molar-refractivity contribution in [2.24, 2.45) is 0 Å². The first-order valence-electron chi connectivity index (χ1n) is 5.28. The molecule has 0 unspecified atom stereocenters. The van der Waals surface area contributed by atoms with E-state index in [-0.39, 0.29) is 27.4 Å². The zero-order valence-electron chi connectivity index (χ0n) is 10.2. The summed E-state index contributed by atoms with van der Waals surface area (Å²) in [5.41, 5.74) is 0.139. The van der Waals surface area contributed by atoms with Crippen LogP contribution in [-0.4, -0.2) is 11.9 Å². The van der Waals surface area contributed by atoms with Gasteiger partial charge in [-0.25, -0.2) is 4.39 Å². The summed E-state index contributed by atoms with van der Waals surface area (Å²) >= 11 is 5.86. The van der Waals surface area contributed by atoms with Gasteiger partial charge in [-0.1, -0.05) is 24.2 Å². The van der Waals surface area contributed by atoms with E-state index in [1.807, 2.05) is 6.07 Å². The smallest absolute Gasteiger partial charge is 0.134 e. The highest BCUT2D eigenvalue weighted by Gasteiger charge is 2.18. The predicted octanol–water partition coefficient (Wildman–Crippen LogP) is 3.89. The fourth-order valence-corrected chi connectivity index (χ4v) is 1.72. The lowest BCUT2D eigenvalue weighted by Gasteiger charge is -2.09. The fourth-order valence-electron chi connectivity index (χ4n) is 1.46. The molecule has 0 radical (unpaired) electrons. The molecular weight excluding hydrogens is 265 g/mol. The summed E-state index contributed by atoms with van der Waals surface area (Å²) in [6.07, 6.45) is 0.975. The Morgan fingerprint density at radius 3 is 2.63 bits per heavy atom. The average Bonchev–Trinajstić information content (AvgIpc) is 2.38. The molecule has 3 nitrogen and oxygen atoms in total. The Bertz CT molecular complexity index is 618. The van der Waals surface area contributed by atoms with Crippen molar-refractivity contribution >= 4 is 23.5 Å². The van der Waals surface area contributed by atoms with Gasteiger partial charge in [0.15, 0.2) is 0 Å². The summed E-state index contributed by atoms with van der Waals surface area (Å²) in [4.78, 5) is 0. The van der Waals surface area contributed by atoms with Gasteiger partial charge in [0.2, 0.25) is 0 Å². The van der Waals surface area contributed by atoms with Crippen molar-refractivity contribution in [1.29, 1.82) is 16.1 Å². The highest BCUT2D eigenvalue weighted by atomic mass is 35.5. The van der Waals surface area contributed by atoms with Gasteiger partial charge >= 0.3 is 0 Å². The molecule has 19 heavy (non-hydrogen) atoms. The number of halogens is 2. The Balaban J connectivity index is 3.45. The Labute approximate surface area is 115 Å². The van der Waals surface area contributed by atoms with Crippen molar-refractivity contribution < 1.29 is 4.39 Å². The van der Waals surface area contributed by atoms with Gasteiger partial charge in [0.05, 0.1) is 21.9 Å². The number of allylic oxidation sites excluding steroid dienone is 3. The topological polar surface area (TPSA) is 71.5 Å². The first-order chi connectivity index (χ1) is 8.93. The van der Waals surface area contributed by atoms with Crippen molar-refractivity contribution in [2.45, 2.75) is 6.92 Å². The van der Waals surface area contributed by atoms with Crippen LogP contribution in [0.5, 0.6) is 0 Å². The van der Waals surface area contributed by atoms with E-state index in [9.17, 15) is 4.39 Å². The molecular formula is C14H11ClFN3. The van der Waals surface area contributed by atoms with Gasteiger partial charge in [0.25, 0.3) is 0 Å². The van der Waals surface area contributed by atoms with Crippen molar-refractivity contribution in [2.75, 3.05) is 0 Å². The highest BCUT2D eigenvalue weighted by Crippen LogP contribution is 2.24. The maximum Gasteiger partial charge on any atom is 0.134 e. The molecule has 0 bridgehead atoms. The maximum atomic E-state index is 13.7. The second kappa shape index (κ2) is 6.07. The molecule has 1 aromatic carbocycles. The third kappa shape index (κ3) is 2.95. The zero-order valence-corrected chi connectivity index (χ0v) is 11.0. The van der Waals surface area contributed by atoms with Crippen molar-refractivity contribution in [3.63, 3.8) is 0 Å². The molecule has 0 aliphatic rings. The quantitative estimate of drug-likeness (QED) is 0.488. The van der Waals surface area contributed by atoms with E-state index in [2.05, 4.69) is 6.58 Å². The Morgan fingerprint density at radius 1 is 1.53 bits per heavy atom. The number of rotatable bonds is 4. The highest BCUT2D eigenvalue weighted by molar-refractivity contribution is 6.35. The molecule has 1 aromatic rings. The monoisotopic (exact) mass is 275 g/mol. The molecule has 0 atom stereocenters. The van der Waals surface area contributed by atoms with Gasteiger partial charge < -0.3 is 5.41 Å². The normalized spacial score (nSPS) is 11.3. The zero-order chi connectivity index (χ0) is 14.6. The van der Waals surface area contributed by atoms with Crippen LogP contribution in [0, 0.1) is 28.0 Å². The van der Waals surface area contributed by atoms with Crippen LogP contribution >= 0.6 is 11.6 Å². The van der Waals surface area contributed by atoms with E-state index in [0.717, 1.165) is 6.21 Å². The third-order valence-electron chi connectivity index (χ3n) is 2.61. The van der Waals surface area contributed by atoms with Crippen LogP contribution in [0.2, 0.25) is 5.02 Å². The summed E-state index contributed by atoms with van der Waals surface area (Å²) in [5, 5.41) is 24.2. The van der Waals surface area contributed by atoms with Crippen molar-refractivity contribution in [3.8, 4) is 6.07 Å². The van der Waals surface area contributed by atoms with Crippen LogP contribution in [0.4, 0.5) is 4.39 Å². The van der Waals surface area contributed by atoms with Crippen molar-refractivity contribution in [3.05, 3.63) is 57.9 Å². The first kappa shape index (κ1) is 14.8. The van der Waals surface area contributed by atoms with Crippen LogP contribution in [0.15, 0.2) is 41.5 Å². The van der Waals surface area contributed by atoms with E-state index in [1.165, 1.54) is 18.2 Å². The van der Waals surface area contributed by atoms with E-state index >= 15 is 0 Å². The lowest BCUT2D eigenvalue weighted by molar-refractivity contribution is 0.625. The van der Waals surface area contributed by atoms with Gasteiger partial charge in [-0.05, 0) is 30.2 Å². The summed E-state index contributed by atoms with van der Waals surface area (Å²) in [7, 11) is 0. The van der Waals surface area contributed by atoms with Crippen molar-refractivity contribution in [1.82, 2.24) is 0 Å². The summed E-state index contributed by atoms with van der Waals surface area (Å²) in [5.74, 6) is -0.668. The number of hydrogen-bond donors (Lipinski definition) is 2. The van der Waals surface area contributed by atoms with Crippen LogP contribution in [0.25, 0.3) is 0 Å². The van der Waals surface area contributed by atoms with Gasteiger partial charge in [0, 0.05) is 6.21 Å². The lowest BCUT2D eigenvalue weighted by Crippen LogP contribution is -2.09. The van der Waals surface area contributed by atoms with E-state index in [4.69, 9.17) is 27.7 Å². The van der Waals surface area contributed by atoms with Gasteiger partial charge in [-0.3, -0.25) is 5.41 Å². The van der Waals surface area contributed by atoms with E-state index in [0.29, 0.717) is 5.57 Å². The molecule has 0 saturated carbocycles. The van der Waals surface area contributed by atoms with E-state index < -0.39 is 5.82 Å². The van der Waals surface area contributed by atoms with E-state index in [1.54, 1.807) is 6.92 Å². The fraction of sp³-hybridized carbons (Fsp3) is 0.0714. The standard InChI is InChI=1S/C14H11ClFN3/c1-8(6-17)9(2)10(7-18)14(19)13-11(15)4-3-5-12(13)16/h3-6,17,19H,1H2,2H3/b10-9+,17-6?,19-14?. The first-order valence-corrected chi connectivity index (χ1v) is 5.65. The minimum absolute atomic E-state index is 0.0551. The number of hydrogen-bond acceptors (Lipinski definition) is 3. The Morgan fingerprint density at radius 2 is 2.16 bits per heavy atom. The molecule has 0 spiro atoms. The molecule has 0 aliphatic carbocycles. The SMILES string of the molecule is C=C(C=N)/C(C)=C(\C#N)C(=N)c1c(F)cccc1Cl. The molecule has 96 valence electrons. The number of nitriles is 1. The van der Waals surface area contributed by atoms with Crippen LogP contribution < -0.4 is 0 Å².